The number of rotatable bonds is 9. The van der Waals surface area contributed by atoms with Crippen molar-refractivity contribution in [1.82, 2.24) is 9.97 Å². The molecule has 160 valence electrons. The van der Waals surface area contributed by atoms with Crippen LogP contribution in [0.4, 0.5) is 23.0 Å². The third-order valence-electron chi connectivity index (χ3n) is 4.66. The molecule has 2 N–H and O–H groups in total. The number of anilines is 3. The van der Waals surface area contributed by atoms with Gasteiger partial charge >= 0.3 is 11.7 Å². The van der Waals surface area contributed by atoms with Crippen LogP contribution >= 0.6 is 0 Å². The normalized spacial score (nSPS) is 11.7. The SMILES string of the molecule is CC(C)N(c1ccccc1)c1ncnc(N[C@@H](Cc2ccccc2)C(=O)O)c1[N+](=O)[O-]. The molecule has 0 fully saturated rings. The van der Waals surface area contributed by atoms with Crippen molar-refractivity contribution in [2.75, 3.05) is 10.2 Å². The van der Waals surface area contributed by atoms with Crippen molar-refractivity contribution in [3.8, 4) is 0 Å². The summed E-state index contributed by atoms with van der Waals surface area (Å²) in [5.41, 5.74) is 1.14. The Bertz CT molecular complexity index is 1040. The van der Waals surface area contributed by atoms with Crippen LogP contribution in [0.3, 0.4) is 0 Å². The molecule has 0 bridgehead atoms. The van der Waals surface area contributed by atoms with Crippen LogP contribution < -0.4 is 10.2 Å². The number of hydrogen-bond donors (Lipinski definition) is 2. The molecule has 0 unspecified atom stereocenters. The maximum Gasteiger partial charge on any atom is 0.353 e. The van der Waals surface area contributed by atoms with Gasteiger partial charge in [0, 0.05) is 18.2 Å². The molecular formula is C22H23N5O4. The van der Waals surface area contributed by atoms with E-state index in [0.29, 0.717) is 0 Å². The van der Waals surface area contributed by atoms with Crippen LogP contribution in [-0.4, -0.2) is 38.1 Å². The quantitative estimate of drug-likeness (QED) is 0.392. The lowest BCUT2D eigenvalue weighted by Gasteiger charge is -2.28. The van der Waals surface area contributed by atoms with Crippen LogP contribution in [0.1, 0.15) is 19.4 Å². The predicted molar refractivity (Wildman–Crippen MR) is 118 cm³/mol. The average molecular weight is 421 g/mol. The zero-order valence-electron chi connectivity index (χ0n) is 17.2. The maximum absolute atomic E-state index is 12.0. The van der Waals surface area contributed by atoms with E-state index in [1.54, 1.807) is 29.2 Å². The summed E-state index contributed by atoms with van der Waals surface area (Å²) in [6.45, 7) is 3.78. The van der Waals surface area contributed by atoms with Crippen molar-refractivity contribution in [3.63, 3.8) is 0 Å². The summed E-state index contributed by atoms with van der Waals surface area (Å²) in [5, 5.41) is 24.4. The molecule has 3 aromatic rings. The molecular weight excluding hydrogens is 398 g/mol. The molecule has 0 amide bonds. The standard InChI is InChI=1S/C22H23N5O4/c1-15(2)26(17-11-7-4-8-12-17)21-19(27(30)31)20(23-14-24-21)25-18(22(28)29)13-16-9-5-3-6-10-16/h3-12,14-15,18H,13H2,1-2H3,(H,28,29)(H,23,24,25)/t18-/m0/s1. The highest BCUT2D eigenvalue weighted by Gasteiger charge is 2.31. The van der Waals surface area contributed by atoms with Crippen LogP contribution in [0, 0.1) is 10.1 Å². The zero-order chi connectivity index (χ0) is 22.4. The molecule has 3 rings (SSSR count). The highest BCUT2D eigenvalue weighted by molar-refractivity contribution is 5.81. The molecule has 0 aliphatic rings. The lowest BCUT2D eigenvalue weighted by atomic mass is 10.1. The third-order valence-corrected chi connectivity index (χ3v) is 4.66. The van der Waals surface area contributed by atoms with Crippen molar-refractivity contribution in [1.29, 1.82) is 0 Å². The topological polar surface area (TPSA) is 121 Å². The second-order valence-electron chi connectivity index (χ2n) is 7.18. The van der Waals surface area contributed by atoms with Crippen molar-refractivity contribution >= 4 is 29.0 Å². The van der Waals surface area contributed by atoms with Gasteiger partial charge in [-0.3, -0.25) is 10.1 Å². The smallest absolute Gasteiger partial charge is 0.353 e. The van der Waals surface area contributed by atoms with Gasteiger partial charge in [0.2, 0.25) is 11.6 Å². The largest absolute Gasteiger partial charge is 0.480 e. The number of para-hydroxylation sites is 1. The predicted octanol–water partition coefficient (Wildman–Crippen LogP) is 4.04. The number of carboxylic acids is 1. The summed E-state index contributed by atoms with van der Waals surface area (Å²) in [5.74, 6) is -1.19. The molecule has 0 aliphatic heterocycles. The molecule has 0 saturated carbocycles. The molecule has 1 heterocycles. The minimum Gasteiger partial charge on any atom is -0.480 e. The van der Waals surface area contributed by atoms with E-state index in [9.17, 15) is 20.0 Å². The number of aliphatic carboxylic acids is 1. The van der Waals surface area contributed by atoms with E-state index < -0.39 is 16.9 Å². The number of nitro groups is 1. The third kappa shape index (κ3) is 5.13. The molecule has 1 aromatic heterocycles. The Morgan fingerprint density at radius 2 is 1.71 bits per heavy atom. The van der Waals surface area contributed by atoms with Crippen LogP contribution in [-0.2, 0) is 11.2 Å². The summed E-state index contributed by atoms with van der Waals surface area (Å²) in [6.07, 6.45) is 1.34. The van der Waals surface area contributed by atoms with Crippen molar-refractivity contribution in [2.45, 2.75) is 32.4 Å². The zero-order valence-corrected chi connectivity index (χ0v) is 17.2. The Labute approximate surface area is 179 Å². The lowest BCUT2D eigenvalue weighted by Crippen LogP contribution is -2.33. The molecule has 0 radical (unpaired) electrons. The first-order valence-electron chi connectivity index (χ1n) is 9.75. The molecule has 0 saturated heterocycles. The summed E-state index contributed by atoms with van der Waals surface area (Å²) < 4.78 is 0. The number of aromatic nitrogens is 2. The van der Waals surface area contributed by atoms with Gasteiger partial charge in [0.05, 0.1) is 4.92 Å². The monoisotopic (exact) mass is 421 g/mol. The Balaban J connectivity index is 2.03. The molecule has 2 aromatic carbocycles. The van der Waals surface area contributed by atoms with Crippen LogP contribution in [0.15, 0.2) is 67.0 Å². The van der Waals surface area contributed by atoms with Gasteiger partial charge in [0.25, 0.3) is 0 Å². The van der Waals surface area contributed by atoms with Crippen LogP contribution in [0.5, 0.6) is 0 Å². The maximum atomic E-state index is 12.0. The second-order valence-corrected chi connectivity index (χ2v) is 7.18. The first-order valence-corrected chi connectivity index (χ1v) is 9.75. The number of nitrogens with zero attached hydrogens (tertiary/aromatic N) is 4. The molecule has 1 atom stereocenters. The highest BCUT2D eigenvalue weighted by Crippen LogP contribution is 2.37. The van der Waals surface area contributed by atoms with Crippen molar-refractivity contribution < 1.29 is 14.8 Å². The van der Waals surface area contributed by atoms with Gasteiger partial charge in [0.15, 0.2) is 0 Å². The Morgan fingerprint density at radius 3 is 2.26 bits per heavy atom. The number of benzene rings is 2. The van der Waals surface area contributed by atoms with Gasteiger partial charge in [-0.1, -0.05) is 48.5 Å². The van der Waals surface area contributed by atoms with E-state index in [2.05, 4.69) is 15.3 Å². The van der Waals surface area contributed by atoms with E-state index in [0.717, 1.165) is 11.3 Å². The molecule has 9 heteroatoms. The Kier molecular flexibility index (Phi) is 6.76. The number of carboxylic acid groups (broad SMARTS) is 1. The Morgan fingerprint density at radius 1 is 1.10 bits per heavy atom. The van der Waals surface area contributed by atoms with E-state index in [-0.39, 0.29) is 29.8 Å². The van der Waals surface area contributed by atoms with Gasteiger partial charge in [0.1, 0.15) is 12.4 Å². The lowest BCUT2D eigenvalue weighted by molar-refractivity contribution is -0.383. The number of hydrogen-bond acceptors (Lipinski definition) is 7. The van der Waals surface area contributed by atoms with Gasteiger partial charge in [-0.15, -0.1) is 0 Å². The van der Waals surface area contributed by atoms with Gasteiger partial charge in [-0.25, -0.2) is 14.8 Å². The Hall–Kier alpha value is -4.01. The fourth-order valence-electron chi connectivity index (χ4n) is 3.29. The minimum absolute atomic E-state index is 0.0903. The number of carbonyl (C=O) groups is 1. The van der Waals surface area contributed by atoms with Crippen LogP contribution in [0.2, 0.25) is 0 Å². The van der Waals surface area contributed by atoms with Gasteiger partial charge < -0.3 is 15.3 Å². The van der Waals surface area contributed by atoms with Crippen molar-refractivity contribution in [3.05, 3.63) is 82.7 Å². The van der Waals surface area contributed by atoms with Gasteiger partial charge in [-0.2, -0.15) is 0 Å². The fraction of sp³-hybridized carbons (Fsp3) is 0.227. The minimum atomic E-state index is -1.14. The van der Waals surface area contributed by atoms with E-state index in [4.69, 9.17) is 0 Å². The molecule has 0 spiro atoms. The average Bonchev–Trinajstić information content (AvgIpc) is 2.74. The first kappa shape index (κ1) is 21.7. The fourth-order valence-corrected chi connectivity index (χ4v) is 3.29. The van der Waals surface area contributed by atoms with E-state index in [1.807, 2.05) is 50.2 Å². The summed E-state index contributed by atoms with van der Waals surface area (Å²) >= 11 is 0. The molecule has 31 heavy (non-hydrogen) atoms. The second kappa shape index (κ2) is 9.66. The number of nitrogens with one attached hydrogen (secondary N) is 1. The summed E-state index contributed by atoms with van der Waals surface area (Å²) in [6, 6.07) is 17.0. The first-order chi connectivity index (χ1) is 14.9. The highest BCUT2D eigenvalue weighted by atomic mass is 16.6. The van der Waals surface area contributed by atoms with E-state index in [1.165, 1.54) is 6.33 Å². The van der Waals surface area contributed by atoms with Crippen LogP contribution in [0.25, 0.3) is 0 Å². The van der Waals surface area contributed by atoms with E-state index >= 15 is 0 Å². The van der Waals surface area contributed by atoms with Crippen molar-refractivity contribution in [2.24, 2.45) is 0 Å². The van der Waals surface area contributed by atoms with Gasteiger partial charge in [-0.05, 0) is 31.5 Å². The summed E-state index contributed by atoms with van der Waals surface area (Å²) in [4.78, 5) is 33.2. The molecule has 0 aliphatic carbocycles. The summed E-state index contributed by atoms with van der Waals surface area (Å²) in [7, 11) is 0. The molecule has 9 nitrogen and oxygen atoms in total.